The molecule has 36 heavy (non-hydrogen) atoms. The average molecular weight is 487 g/mol. The summed E-state index contributed by atoms with van der Waals surface area (Å²) in [6, 6.07) is 14.1. The van der Waals surface area contributed by atoms with E-state index in [1.807, 2.05) is 41.5 Å². The van der Waals surface area contributed by atoms with Crippen molar-refractivity contribution in [3.63, 3.8) is 0 Å². The van der Waals surface area contributed by atoms with Gasteiger partial charge in [0.05, 0.1) is 34.2 Å². The lowest BCUT2D eigenvalue weighted by Crippen LogP contribution is -2.40. The molecule has 188 valence electrons. The molecule has 0 unspecified atom stereocenters. The van der Waals surface area contributed by atoms with Crippen LogP contribution in [0.1, 0.15) is 41.5 Å². The molecule has 8 nitrogen and oxygen atoms in total. The van der Waals surface area contributed by atoms with Crippen molar-refractivity contribution < 1.29 is 9.59 Å². The molecular formula is C28H34N6O2. The van der Waals surface area contributed by atoms with Crippen molar-refractivity contribution in [2.45, 2.75) is 41.5 Å². The Morgan fingerprint density at radius 1 is 0.611 bits per heavy atom. The lowest BCUT2D eigenvalue weighted by Gasteiger charge is -2.25. The SMILES string of the molecule is CC(C)(C)C(=O)NC1=CC(=Nc2ccc(N)cc2)C(NC(=O)C(C)(C)C)=CC1=Nc1ccc(N)cc1. The second-order valence-electron chi connectivity index (χ2n) is 10.7. The number of anilines is 2. The molecule has 8 heteroatoms. The van der Waals surface area contributed by atoms with Crippen LogP contribution in [0.25, 0.3) is 0 Å². The summed E-state index contributed by atoms with van der Waals surface area (Å²) in [5, 5.41) is 5.96. The minimum Gasteiger partial charge on any atom is -0.399 e. The molecule has 0 atom stereocenters. The summed E-state index contributed by atoms with van der Waals surface area (Å²) in [5.74, 6) is -0.359. The van der Waals surface area contributed by atoms with Crippen LogP contribution in [0.3, 0.4) is 0 Å². The zero-order valence-corrected chi connectivity index (χ0v) is 21.6. The number of hydrogen-bond donors (Lipinski definition) is 4. The zero-order valence-electron chi connectivity index (χ0n) is 21.6. The van der Waals surface area contributed by atoms with Crippen LogP contribution in [0.2, 0.25) is 0 Å². The molecule has 0 fully saturated rings. The van der Waals surface area contributed by atoms with Crippen molar-refractivity contribution in [1.29, 1.82) is 0 Å². The number of nitrogens with two attached hydrogens (primary N) is 2. The highest BCUT2D eigenvalue weighted by atomic mass is 16.2. The average Bonchev–Trinajstić information content (AvgIpc) is 2.78. The number of benzene rings is 2. The molecule has 0 radical (unpaired) electrons. The Bertz CT molecular complexity index is 1170. The number of carbonyl (C=O) groups is 2. The fraction of sp³-hybridized carbons (Fsp3) is 0.286. The Balaban J connectivity index is 2.16. The van der Waals surface area contributed by atoms with Gasteiger partial charge in [-0.1, -0.05) is 41.5 Å². The minimum atomic E-state index is -0.633. The zero-order chi connectivity index (χ0) is 26.7. The molecule has 2 aromatic rings. The lowest BCUT2D eigenvalue weighted by molar-refractivity contribution is -0.128. The number of amides is 2. The summed E-state index contributed by atoms with van der Waals surface area (Å²) >= 11 is 0. The van der Waals surface area contributed by atoms with E-state index >= 15 is 0 Å². The molecule has 2 amide bonds. The molecule has 1 aliphatic carbocycles. The van der Waals surface area contributed by atoms with Crippen molar-refractivity contribution in [3.05, 3.63) is 72.1 Å². The summed E-state index contributed by atoms with van der Waals surface area (Å²) in [6.45, 7) is 11.0. The first-order valence-corrected chi connectivity index (χ1v) is 11.7. The van der Waals surface area contributed by atoms with Gasteiger partial charge < -0.3 is 22.1 Å². The highest BCUT2D eigenvalue weighted by molar-refractivity contribution is 6.26. The van der Waals surface area contributed by atoms with Crippen molar-refractivity contribution in [3.8, 4) is 0 Å². The fourth-order valence-electron chi connectivity index (χ4n) is 2.96. The van der Waals surface area contributed by atoms with E-state index in [4.69, 9.17) is 21.5 Å². The van der Waals surface area contributed by atoms with Gasteiger partial charge >= 0.3 is 0 Å². The van der Waals surface area contributed by atoms with Gasteiger partial charge in [0.15, 0.2) is 0 Å². The maximum atomic E-state index is 12.9. The number of nitrogens with zero attached hydrogens (tertiary/aromatic N) is 2. The van der Waals surface area contributed by atoms with Gasteiger partial charge in [-0.15, -0.1) is 0 Å². The van der Waals surface area contributed by atoms with Crippen molar-refractivity contribution in [1.82, 2.24) is 10.6 Å². The number of nitrogen functional groups attached to an aromatic ring is 2. The highest BCUT2D eigenvalue weighted by Gasteiger charge is 2.28. The summed E-state index contributed by atoms with van der Waals surface area (Å²) in [4.78, 5) is 35.3. The molecule has 0 aliphatic heterocycles. The second-order valence-corrected chi connectivity index (χ2v) is 10.7. The van der Waals surface area contributed by atoms with E-state index in [0.29, 0.717) is 45.6 Å². The van der Waals surface area contributed by atoms with Crippen LogP contribution < -0.4 is 22.1 Å². The van der Waals surface area contributed by atoms with E-state index < -0.39 is 10.8 Å². The van der Waals surface area contributed by atoms with E-state index in [-0.39, 0.29) is 11.8 Å². The minimum absolute atomic E-state index is 0.179. The summed E-state index contributed by atoms with van der Waals surface area (Å²) in [6.07, 6.45) is 3.43. The van der Waals surface area contributed by atoms with E-state index in [2.05, 4.69) is 10.6 Å². The third-order valence-corrected chi connectivity index (χ3v) is 5.26. The maximum absolute atomic E-state index is 12.9. The fourth-order valence-corrected chi connectivity index (χ4v) is 2.96. The predicted molar refractivity (Wildman–Crippen MR) is 147 cm³/mol. The number of aliphatic imine (C=N–C) groups is 2. The lowest BCUT2D eigenvalue weighted by atomic mass is 9.93. The van der Waals surface area contributed by atoms with Gasteiger partial charge in [0.1, 0.15) is 0 Å². The number of rotatable bonds is 4. The summed E-state index contributed by atoms with van der Waals surface area (Å²) in [7, 11) is 0. The molecule has 3 rings (SSSR count). The topological polar surface area (TPSA) is 135 Å². The van der Waals surface area contributed by atoms with Crippen LogP contribution in [0.15, 0.2) is 82.1 Å². The summed E-state index contributed by atoms with van der Waals surface area (Å²) in [5.41, 5.74) is 14.8. The predicted octanol–water partition coefficient (Wildman–Crippen LogP) is 4.80. The highest BCUT2D eigenvalue weighted by Crippen LogP contribution is 2.24. The van der Waals surface area contributed by atoms with Crippen LogP contribution in [-0.4, -0.2) is 23.2 Å². The third-order valence-electron chi connectivity index (χ3n) is 5.26. The van der Waals surface area contributed by atoms with Crippen molar-refractivity contribution in [2.75, 3.05) is 11.5 Å². The van der Waals surface area contributed by atoms with Crippen LogP contribution in [0.4, 0.5) is 22.7 Å². The Morgan fingerprint density at radius 2 is 0.917 bits per heavy atom. The standard InChI is InChI=1S/C28H34N6O2/c1-27(2,3)25(35)33-23-15-22(32-20-13-9-18(30)10-14-20)24(34-26(36)28(4,5)6)16-21(23)31-19-11-7-17(29)8-12-19/h7-16H,29-30H2,1-6H3,(H,33,35)(H,34,36). The molecule has 2 aromatic carbocycles. The Morgan fingerprint density at radius 3 is 1.19 bits per heavy atom. The van der Waals surface area contributed by atoms with Gasteiger partial charge in [-0.05, 0) is 60.7 Å². The van der Waals surface area contributed by atoms with E-state index in [1.54, 1.807) is 60.7 Å². The number of carbonyl (C=O) groups excluding carboxylic acids is 2. The summed E-state index contributed by atoms with van der Waals surface area (Å²) < 4.78 is 0. The van der Waals surface area contributed by atoms with Crippen LogP contribution >= 0.6 is 0 Å². The van der Waals surface area contributed by atoms with Gasteiger partial charge in [-0.2, -0.15) is 0 Å². The van der Waals surface area contributed by atoms with Gasteiger partial charge in [-0.25, -0.2) is 9.98 Å². The number of allylic oxidation sites excluding steroid dienone is 2. The normalized spacial score (nSPS) is 16.4. The Labute approximate surface area is 212 Å². The van der Waals surface area contributed by atoms with Gasteiger partial charge in [-0.3, -0.25) is 9.59 Å². The molecule has 0 heterocycles. The molecule has 0 bridgehead atoms. The number of nitrogens with one attached hydrogen (secondary N) is 2. The van der Waals surface area contributed by atoms with Gasteiger partial charge in [0.2, 0.25) is 11.8 Å². The third kappa shape index (κ3) is 6.91. The molecule has 1 aliphatic rings. The van der Waals surface area contributed by atoms with E-state index in [9.17, 15) is 9.59 Å². The first kappa shape index (κ1) is 26.4. The van der Waals surface area contributed by atoms with Crippen molar-refractivity contribution >= 4 is 46.0 Å². The molecule has 0 saturated carbocycles. The Kier molecular flexibility index (Phi) is 7.48. The molecular weight excluding hydrogens is 452 g/mol. The first-order valence-electron chi connectivity index (χ1n) is 11.7. The van der Waals surface area contributed by atoms with Crippen LogP contribution in [0, 0.1) is 10.8 Å². The number of hydrogen-bond acceptors (Lipinski definition) is 6. The first-order chi connectivity index (χ1) is 16.7. The molecule has 0 saturated heterocycles. The van der Waals surface area contributed by atoms with Crippen molar-refractivity contribution in [2.24, 2.45) is 20.8 Å². The Hall–Kier alpha value is -4.20. The molecule has 0 aromatic heterocycles. The second kappa shape index (κ2) is 10.2. The van der Waals surface area contributed by atoms with Gasteiger partial charge in [0, 0.05) is 22.2 Å². The smallest absolute Gasteiger partial charge is 0.229 e. The van der Waals surface area contributed by atoms with E-state index in [1.165, 1.54) is 0 Å². The largest absolute Gasteiger partial charge is 0.399 e. The van der Waals surface area contributed by atoms with E-state index in [0.717, 1.165) is 0 Å². The van der Waals surface area contributed by atoms with Gasteiger partial charge in [0.25, 0.3) is 0 Å². The van der Waals surface area contributed by atoms with Crippen LogP contribution in [0.5, 0.6) is 0 Å². The van der Waals surface area contributed by atoms with Crippen LogP contribution in [-0.2, 0) is 9.59 Å². The quantitative estimate of drug-likeness (QED) is 0.364. The monoisotopic (exact) mass is 486 g/mol. The maximum Gasteiger partial charge on any atom is 0.229 e. The molecule has 6 N–H and O–H groups in total. The molecule has 0 spiro atoms.